The highest BCUT2D eigenvalue weighted by Gasteiger charge is 2.19. The van der Waals surface area contributed by atoms with Gasteiger partial charge in [0.1, 0.15) is 15.6 Å². The molecule has 0 radical (unpaired) electrons. The van der Waals surface area contributed by atoms with Crippen LogP contribution < -0.4 is 0 Å². The third kappa shape index (κ3) is 3.79. The maximum atomic E-state index is 11.8. The van der Waals surface area contributed by atoms with E-state index in [0.29, 0.717) is 0 Å². The summed E-state index contributed by atoms with van der Waals surface area (Å²) in [5, 5.41) is 0. The Bertz CT molecular complexity index is 421. The smallest absolute Gasteiger partial charge is 0.145 e. The van der Waals surface area contributed by atoms with Crippen LogP contribution in [0.15, 0.2) is 27.3 Å². The molecule has 1 rings (SSSR count). The lowest BCUT2D eigenvalue weighted by molar-refractivity contribution is 0.650. The fraction of sp³-hybridized carbons (Fsp3) is 0.455. The molecule has 0 bridgehead atoms. The summed E-state index contributed by atoms with van der Waals surface area (Å²) in [5.41, 5.74) is 1.63. The number of aromatic nitrogens is 1. The molecule has 0 aliphatic carbocycles. The maximum absolute atomic E-state index is 11.8. The van der Waals surface area contributed by atoms with Gasteiger partial charge < -0.3 is 0 Å². The highest BCUT2D eigenvalue weighted by atomic mass is 79.9. The minimum Gasteiger partial charge on any atom is -0.249 e. The van der Waals surface area contributed by atoms with Gasteiger partial charge in [0.2, 0.25) is 0 Å². The van der Waals surface area contributed by atoms with Crippen molar-refractivity contribution in [3.8, 4) is 0 Å². The molecule has 0 aliphatic heterocycles. The predicted molar refractivity (Wildman–Crippen MR) is 72.0 cm³/mol. The van der Waals surface area contributed by atoms with Crippen molar-refractivity contribution in [3.05, 3.63) is 28.5 Å². The van der Waals surface area contributed by atoms with Crippen molar-refractivity contribution in [2.45, 2.75) is 32.4 Å². The lowest BCUT2D eigenvalue weighted by Gasteiger charge is -2.14. The summed E-state index contributed by atoms with van der Waals surface area (Å²) in [6, 6.07) is 3.74. The van der Waals surface area contributed by atoms with E-state index in [0.717, 1.165) is 15.9 Å². The van der Waals surface area contributed by atoms with Gasteiger partial charge in [0.15, 0.2) is 0 Å². The van der Waals surface area contributed by atoms with Crippen molar-refractivity contribution in [3.63, 3.8) is 0 Å². The van der Waals surface area contributed by atoms with Gasteiger partial charge in [0.25, 0.3) is 0 Å². The molecule has 0 unspecified atom stereocenters. The van der Waals surface area contributed by atoms with Crippen molar-refractivity contribution in [1.29, 1.82) is 0 Å². The van der Waals surface area contributed by atoms with Crippen LogP contribution in [-0.4, -0.2) is 19.7 Å². The summed E-state index contributed by atoms with van der Waals surface area (Å²) in [5.74, 6) is 0. The maximum Gasteiger partial charge on any atom is 0.145 e. The van der Waals surface area contributed by atoms with Crippen LogP contribution in [0.4, 0.5) is 0 Å². The highest BCUT2D eigenvalue weighted by molar-refractivity contribution is 9.10. The molecule has 3 nitrogen and oxygen atoms in total. The largest absolute Gasteiger partial charge is 0.249 e. The van der Waals surface area contributed by atoms with E-state index in [9.17, 15) is 4.21 Å². The standard InChI is InChI=1S/C11H15BrN2OS/c1-8(14-16(15)11(2,3)4)9-5-6-10(12)13-7-9/h5-7H,1-4H3/b14-8-/t16-/m1/s1. The van der Waals surface area contributed by atoms with E-state index in [4.69, 9.17) is 0 Å². The van der Waals surface area contributed by atoms with Gasteiger partial charge >= 0.3 is 0 Å². The monoisotopic (exact) mass is 302 g/mol. The molecule has 88 valence electrons. The van der Waals surface area contributed by atoms with Gasteiger partial charge in [-0.3, -0.25) is 0 Å². The minimum atomic E-state index is -1.22. The summed E-state index contributed by atoms with van der Waals surface area (Å²) in [6.45, 7) is 7.55. The second-order valence-corrected chi connectivity index (χ2v) is 7.13. The van der Waals surface area contributed by atoms with Gasteiger partial charge in [-0.25, -0.2) is 9.19 Å². The molecule has 0 saturated carbocycles. The highest BCUT2D eigenvalue weighted by Crippen LogP contribution is 2.14. The molecule has 16 heavy (non-hydrogen) atoms. The Morgan fingerprint density at radius 3 is 2.50 bits per heavy atom. The molecular weight excluding hydrogens is 288 g/mol. The summed E-state index contributed by atoms with van der Waals surface area (Å²) in [7, 11) is -1.22. The van der Waals surface area contributed by atoms with Gasteiger partial charge in [-0.2, -0.15) is 4.40 Å². The third-order valence-electron chi connectivity index (χ3n) is 1.89. The zero-order valence-corrected chi connectivity index (χ0v) is 12.2. The van der Waals surface area contributed by atoms with Crippen LogP contribution in [0.1, 0.15) is 33.3 Å². The van der Waals surface area contributed by atoms with Crippen LogP contribution in [0.2, 0.25) is 0 Å². The third-order valence-corrected chi connectivity index (χ3v) is 3.85. The first-order valence-electron chi connectivity index (χ1n) is 4.90. The molecule has 1 atom stereocenters. The van der Waals surface area contributed by atoms with Crippen LogP contribution in [0.3, 0.4) is 0 Å². The van der Waals surface area contributed by atoms with E-state index < -0.39 is 11.0 Å². The first kappa shape index (κ1) is 13.5. The second kappa shape index (κ2) is 5.19. The van der Waals surface area contributed by atoms with E-state index in [2.05, 4.69) is 25.3 Å². The van der Waals surface area contributed by atoms with Crippen molar-refractivity contribution in [2.75, 3.05) is 0 Å². The zero-order chi connectivity index (χ0) is 12.3. The number of hydrogen-bond donors (Lipinski definition) is 0. The van der Waals surface area contributed by atoms with Crippen molar-refractivity contribution in [1.82, 2.24) is 4.98 Å². The molecule has 0 amide bonds. The predicted octanol–water partition coefficient (Wildman–Crippen LogP) is 3.12. The molecule has 1 heterocycles. The fourth-order valence-corrected chi connectivity index (χ4v) is 1.77. The second-order valence-electron chi connectivity index (χ2n) is 4.41. The first-order chi connectivity index (χ1) is 7.30. The first-order valence-corrected chi connectivity index (χ1v) is 6.80. The SMILES string of the molecule is C/C(=N/[S@](=O)C(C)(C)C)c1ccc(Br)nc1. The van der Waals surface area contributed by atoms with Gasteiger partial charge in [0, 0.05) is 11.8 Å². The normalized spacial score (nSPS) is 14.9. The molecule has 0 spiro atoms. The molecule has 0 fully saturated rings. The van der Waals surface area contributed by atoms with Crippen LogP contribution in [0.5, 0.6) is 0 Å². The molecule has 1 aromatic heterocycles. The molecule has 0 saturated heterocycles. The summed E-state index contributed by atoms with van der Waals surface area (Å²) >= 11 is 3.27. The van der Waals surface area contributed by atoms with E-state index in [1.807, 2.05) is 39.8 Å². The average molecular weight is 303 g/mol. The lowest BCUT2D eigenvalue weighted by atomic mass is 10.2. The summed E-state index contributed by atoms with van der Waals surface area (Å²) in [6.07, 6.45) is 1.71. The quantitative estimate of drug-likeness (QED) is 0.622. The van der Waals surface area contributed by atoms with Crippen LogP contribution >= 0.6 is 15.9 Å². The van der Waals surface area contributed by atoms with E-state index in [-0.39, 0.29) is 4.75 Å². The van der Waals surface area contributed by atoms with Crippen LogP contribution in [0.25, 0.3) is 0 Å². The molecular formula is C11H15BrN2OS. The van der Waals surface area contributed by atoms with E-state index in [1.165, 1.54) is 0 Å². The molecule has 0 aliphatic rings. The minimum absolute atomic E-state index is 0.329. The van der Waals surface area contributed by atoms with Crippen molar-refractivity contribution < 1.29 is 4.21 Å². The Morgan fingerprint density at radius 1 is 1.44 bits per heavy atom. The Labute approximate surface area is 107 Å². The Hall–Kier alpha value is -0.550. The molecule has 0 aromatic carbocycles. The lowest BCUT2D eigenvalue weighted by Crippen LogP contribution is -2.20. The van der Waals surface area contributed by atoms with Crippen molar-refractivity contribution >= 4 is 32.6 Å². The van der Waals surface area contributed by atoms with Gasteiger partial charge in [-0.1, -0.05) is 0 Å². The topological polar surface area (TPSA) is 42.3 Å². The van der Waals surface area contributed by atoms with Crippen LogP contribution in [0, 0.1) is 0 Å². The Morgan fingerprint density at radius 2 is 2.06 bits per heavy atom. The number of nitrogens with zero attached hydrogens (tertiary/aromatic N) is 2. The van der Waals surface area contributed by atoms with Gasteiger partial charge in [-0.15, -0.1) is 0 Å². The molecule has 5 heteroatoms. The zero-order valence-electron chi connectivity index (χ0n) is 9.82. The summed E-state index contributed by atoms with van der Waals surface area (Å²) in [4.78, 5) is 4.11. The molecule has 1 aromatic rings. The number of hydrogen-bond acceptors (Lipinski definition) is 2. The van der Waals surface area contributed by atoms with Gasteiger partial charge in [0.05, 0.1) is 10.5 Å². The van der Waals surface area contributed by atoms with Gasteiger partial charge in [-0.05, 0) is 55.8 Å². The average Bonchev–Trinajstić information content (AvgIpc) is 2.17. The van der Waals surface area contributed by atoms with Crippen molar-refractivity contribution in [2.24, 2.45) is 4.40 Å². The fourth-order valence-electron chi connectivity index (χ4n) is 0.904. The molecule has 0 N–H and O–H groups in total. The number of pyridine rings is 1. The summed E-state index contributed by atoms with van der Waals surface area (Å²) < 4.78 is 16.4. The Balaban J connectivity index is 2.94. The Kier molecular flexibility index (Phi) is 4.38. The number of halogens is 1. The van der Waals surface area contributed by atoms with E-state index in [1.54, 1.807) is 6.20 Å². The van der Waals surface area contributed by atoms with Crippen LogP contribution in [-0.2, 0) is 11.0 Å². The number of rotatable bonds is 2. The van der Waals surface area contributed by atoms with E-state index >= 15 is 0 Å².